The molecule has 164 valence electrons. The van der Waals surface area contributed by atoms with Crippen molar-refractivity contribution in [3.63, 3.8) is 0 Å². The Kier molecular flexibility index (Phi) is 10.6. The second kappa shape index (κ2) is 12.6. The fourth-order valence-corrected chi connectivity index (χ4v) is 2.73. The molecule has 0 atom stereocenters. The molecule has 0 amide bonds. The Morgan fingerprint density at radius 3 is 2.17 bits per heavy atom. The SMILES string of the molecule is Cc1ccc(C(C)(C)C)c(OCCCCNCc2ccccc2)c1.O=C(O)C(=O)O. The smallest absolute Gasteiger partial charge is 0.414 e. The van der Waals surface area contributed by atoms with Crippen molar-refractivity contribution in [2.24, 2.45) is 0 Å². The van der Waals surface area contributed by atoms with Crippen molar-refractivity contribution in [2.75, 3.05) is 13.2 Å². The molecule has 6 nitrogen and oxygen atoms in total. The average molecular weight is 416 g/mol. The van der Waals surface area contributed by atoms with Crippen LogP contribution in [0.3, 0.4) is 0 Å². The number of ether oxygens (including phenoxy) is 1. The van der Waals surface area contributed by atoms with Crippen LogP contribution in [0.1, 0.15) is 50.3 Å². The molecule has 30 heavy (non-hydrogen) atoms. The number of unbranched alkanes of at least 4 members (excludes halogenated alkanes) is 1. The lowest BCUT2D eigenvalue weighted by molar-refractivity contribution is -0.159. The second-order valence-electron chi connectivity index (χ2n) is 8.08. The predicted molar refractivity (Wildman–Crippen MR) is 118 cm³/mol. The molecule has 0 aliphatic rings. The van der Waals surface area contributed by atoms with Crippen LogP contribution in [0.25, 0.3) is 0 Å². The Bertz CT molecular complexity index is 785. The van der Waals surface area contributed by atoms with Crippen LogP contribution in [0.15, 0.2) is 48.5 Å². The van der Waals surface area contributed by atoms with Crippen LogP contribution in [0.2, 0.25) is 0 Å². The number of carboxylic acids is 2. The molecule has 0 saturated carbocycles. The standard InChI is InChI=1S/C22H31NO.C2H2O4/c1-18-12-13-20(22(2,3)4)21(16-18)24-15-9-8-14-23-17-19-10-6-5-7-11-19;3-1(4)2(5)6/h5-7,10-13,16,23H,8-9,14-15,17H2,1-4H3;(H,3,4)(H,5,6). The molecule has 0 aromatic heterocycles. The summed E-state index contributed by atoms with van der Waals surface area (Å²) in [6.07, 6.45) is 2.20. The van der Waals surface area contributed by atoms with Crippen LogP contribution in [0.4, 0.5) is 0 Å². The molecule has 0 aliphatic carbocycles. The highest BCUT2D eigenvalue weighted by Gasteiger charge is 2.18. The minimum absolute atomic E-state index is 0.111. The monoisotopic (exact) mass is 415 g/mol. The molecular weight excluding hydrogens is 382 g/mol. The number of rotatable bonds is 8. The number of nitrogens with one attached hydrogen (secondary N) is 1. The largest absolute Gasteiger partial charge is 0.493 e. The van der Waals surface area contributed by atoms with Crippen molar-refractivity contribution in [3.8, 4) is 5.75 Å². The number of carboxylic acid groups (broad SMARTS) is 2. The summed E-state index contributed by atoms with van der Waals surface area (Å²) >= 11 is 0. The first-order chi connectivity index (χ1) is 14.1. The molecule has 0 radical (unpaired) electrons. The molecule has 0 fully saturated rings. The van der Waals surface area contributed by atoms with E-state index >= 15 is 0 Å². The molecule has 2 aromatic carbocycles. The molecule has 6 heteroatoms. The topological polar surface area (TPSA) is 95.9 Å². The van der Waals surface area contributed by atoms with Gasteiger partial charge in [-0.15, -0.1) is 0 Å². The van der Waals surface area contributed by atoms with Gasteiger partial charge in [-0.25, -0.2) is 9.59 Å². The van der Waals surface area contributed by atoms with E-state index in [1.165, 1.54) is 16.7 Å². The molecular formula is C24H33NO5. The van der Waals surface area contributed by atoms with E-state index in [-0.39, 0.29) is 5.41 Å². The van der Waals surface area contributed by atoms with E-state index in [2.05, 4.69) is 81.5 Å². The third-order valence-corrected chi connectivity index (χ3v) is 4.31. The molecule has 0 heterocycles. The van der Waals surface area contributed by atoms with Crippen molar-refractivity contribution in [1.29, 1.82) is 0 Å². The van der Waals surface area contributed by atoms with E-state index in [1.54, 1.807) is 0 Å². The number of benzene rings is 2. The number of hydrogen-bond donors (Lipinski definition) is 3. The lowest BCUT2D eigenvalue weighted by Gasteiger charge is -2.23. The van der Waals surface area contributed by atoms with Crippen molar-refractivity contribution in [1.82, 2.24) is 5.32 Å². The fraction of sp³-hybridized carbons (Fsp3) is 0.417. The Balaban J connectivity index is 0.000000656. The predicted octanol–water partition coefficient (Wildman–Crippen LogP) is 4.40. The lowest BCUT2D eigenvalue weighted by Crippen LogP contribution is -2.16. The van der Waals surface area contributed by atoms with Gasteiger partial charge in [0.05, 0.1) is 6.61 Å². The second-order valence-corrected chi connectivity index (χ2v) is 8.08. The van der Waals surface area contributed by atoms with Crippen molar-refractivity contribution >= 4 is 11.9 Å². The van der Waals surface area contributed by atoms with Gasteiger partial charge in [0.2, 0.25) is 0 Å². The van der Waals surface area contributed by atoms with Crippen molar-refractivity contribution in [2.45, 2.75) is 52.5 Å². The Morgan fingerprint density at radius 2 is 1.60 bits per heavy atom. The van der Waals surface area contributed by atoms with Gasteiger partial charge in [0, 0.05) is 6.54 Å². The van der Waals surface area contributed by atoms with Crippen LogP contribution in [0, 0.1) is 6.92 Å². The first-order valence-corrected chi connectivity index (χ1v) is 10.1. The van der Waals surface area contributed by atoms with E-state index in [0.717, 1.165) is 38.3 Å². The molecule has 0 unspecified atom stereocenters. The molecule has 2 aromatic rings. The quantitative estimate of drug-likeness (QED) is 0.437. The van der Waals surface area contributed by atoms with Crippen LogP contribution in [-0.4, -0.2) is 35.3 Å². The normalized spacial score (nSPS) is 10.7. The van der Waals surface area contributed by atoms with Gasteiger partial charge in [0.15, 0.2) is 0 Å². The number of aryl methyl sites for hydroxylation is 1. The zero-order valence-electron chi connectivity index (χ0n) is 18.3. The Morgan fingerprint density at radius 1 is 0.967 bits per heavy atom. The first kappa shape index (κ1) is 25.2. The number of carbonyl (C=O) groups is 2. The van der Waals surface area contributed by atoms with E-state index in [1.807, 2.05) is 0 Å². The van der Waals surface area contributed by atoms with Gasteiger partial charge >= 0.3 is 11.9 Å². The molecule has 2 rings (SSSR count). The number of aliphatic carboxylic acids is 2. The Labute approximate surface area is 178 Å². The van der Waals surface area contributed by atoms with E-state index in [4.69, 9.17) is 24.5 Å². The van der Waals surface area contributed by atoms with Gasteiger partial charge < -0.3 is 20.3 Å². The summed E-state index contributed by atoms with van der Waals surface area (Å²) < 4.78 is 6.08. The van der Waals surface area contributed by atoms with Crippen LogP contribution < -0.4 is 10.1 Å². The minimum atomic E-state index is -1.82. The Hall–Kier alpha value is -2.86. The van der Waals surface area contributed by atoms with Gasteiger partial charge in [-0.3, -0.25) is 0 Å². The summed E-state index contributed by atoms with van der Waals surface area (Å²) in [5.74, 6) is -2.61. The summed E-state index contributed by atoms with van der Waals surface area (Å²) in [5.41, 5.74) is 3.99. The highest BCUT2D eigenvalue weighted by atomic mass is 16.5. The highest BCUT2D eigenvalue weighted by Crippen LogP contribution is 2.32. The van der Waals surface area contributed by atoms with E-state index in [0.29, 0.717) is 0 Å². The maximum Gasteiger partial charge on any atom is 0.414 e. The van der Waals surface area contributed by atoms with Gasteiger partial charge in [0.25, 0.3) is 0 Å². The summed E-state index contributed by atoms with van der Waals surface area (Å²) in [5, 5.41) is 18.3. The number of hydrogen-bond acceptors (Lipinski definition) is 4. The van der Waals surface area contributed by atoms with Gasteiger partial charge in [-0.1, -0.05) is 63.2 Å². The summed E-state index contributed by atoms with van der Waals surface area (Å²) in [6.45, 7) is 11.6. The molecule has 0 aliphatic heterocycles. The summed E-state index contributed by atoms with van der Waals surface area (Å²) in [7, 11) is 0. The highest BCUT2D eigenvalue weighted by molar-refractivity contribution is 6.27. The van der Waals surface area contributed by atoms with E-state index in [9.17, 15) is 0 Å². The van der Waals surface area contributed by atoms with E-state index < -0.39 is 11.9 Å². The van der Waals surface area contributed by atoms with Crippen molar-refractivity contribution < 1.29 is 24.5 Å². The van der Waals surface area contributed by atoms with Crippen LogP contribution in [-0.2, 0) is 21.5 Å². The van der Waals surface area contributed by atoms with Crippen LogP contribution in [0.5, 0.6) is 5.75 Å². The average Bonchev–Trinajstić information content (AvgIpc) is 2.67. The molecule has 0 spiro atoms. The minimum Gasteiger partial charge on any atom is -0.493 e. The molecule has 0 saturated heterocycles. The van der Waals surface area contributed by atoms with Gasteiger partial charge in [0.1, 0.15) is 5.75 Å². The molecule has 0 bridgehead atoms. The fourth-order valence-electron chi connectivity index (χ4n) is 2.73. The van der Waals surface area contributed by atoms with Gasteiger partial charge in [-0.2, -0.15) is 0 Å². The zero-order valence-corrected chi connectivity index (χ0v) is 18.3. The van der Waals surface area contributed by atoms with Crippen LogP contribution >= 0.6 is 0 Å². The lowest BCUT2D eigenvalue weighted by atomic mass is 9.86. The van der Waals surface area contributed by atoms with Crippen molar-refractivity contribution in [3.05, 3.63) is 65.2 Å². The third-order valence-electron chi connectivity index (χ3n) is 4.31. The maximum absolute atomic E-state index is 9.10. The summed E-state index contributed by atoms with van der Waals surface area (Å²) in [4.78, 5) is 18.2. The summed E-state index contributed by atoms with van der Waals surface area (Å²) in [6, 6.07) is 17.1. The molecule has 3 N–H and O–H groups in total. The first-order valence-electron chi connectivity index (χ1n) is 10.1. The third kappa shape index (κ3) is 10.1. The zero-order chi connectivity index (χ0) is 22.6. The van der Waals surface area contributed by atoms with Gasteiger partial charge in [-0.05, 0) is 54.5 Å². The maximum atomic E-state index is 9.10.